The van der Waals surface area contributed by atoms with E-state index in [0.29, 0.717) is 17.8 Å². The third kappa shape index (κ3) is 8.24. The Kier molecular flexibility index (Phi) is 9.54. The van der Waals surface area contributed by atoms with Crippen molar-refractivity contribution in [2.24, 2.45) is 9.98 Å². The molecule has 0 radical (unpaired) electrons. The Bertz CT molecular complexity index is 696. The molecule has 0 aliphatic rings. The number of aliphatic imine (C=N–C) groups is 2. The summed E-state index contributed by atoms with van der Waals surface area (Å²) >= 11 is 0. The normalized spacial score (nSPS) is 14.1. The topological polar surface area (TPSA) is 36.8 Å². The van der Waals surface area contributed by atoms with E-state index in [4.69, 9.17) is 0 Å². The van der Waals surface area contributed by atoms with Crippen molar-refractivity contribution in [1.29, 1.82) is 0 Å². The van der Waals surface area contributed by atoms with E-state index in [0.717, 1.165) is 42.8 Å². The zero-order chi connectivity index (χ0) is 20.3. The van der Waals surface area contributed by atoms with Gasteiger partial charge in [-0.15, -0.1) is 0 Å². The second-order valence-electron chi connectivity index (χ2n) is 6.13. The van der Waals surface area contributed by atoms with Gasteiger partial charge in [-0.3, -0.25) is 9.98 Å². The van der Waals surface area contributed by atoms with Crippen molar-refractivity contribution in [1.82, 2.24) is 5.32 Å². The first kappa shape index (κ1) is 22.7. The van der Waals surface area contributed by atoms with Gasteiger partial charge in [0.25, 0.3) is 0 Å². The SMILES string of the molecule is CCC=N/C=C(\C)C(=NC/C=C(\C)NCCC)c1ccc(C(F)(F)F)cc1. The van der Waals surface area contributed by atoms with Gasteiger partial charge in [0.2, 0.25) is 0 Å². The number of halogens is 3. The molecule has 27 heavy (non-hydrogen) atoms. The molecule has 1 N–H and O–H groups in total. The number of alkyl halides is 3. The van der Waals surface area contributed by atoms with E-state index in [2.05, 4.69) is 22.2 Å². The van der Waals surface area contributed by atoms with E-state index < -0.39 is 11.7 Å². The van der Waals surface area contributed by atoms with Gasteiger partial charge in [0.05, 0.1) is 17.8 Å². The fourth-order valence-corrected chi connectivity index (χ4v) is 2.26. The van der Waals surface area contributed by atoms with Gasteiger partial charge in [-0.25, -0.2) is 0 Å². The average Bonchev–Trinajstić information content (AvgIpc) is 2.63. The maximum atomic E-state index is 12.8. The molecule has 3 nitrogen and oxygen atoms in total. The monoisotopic (exact) mass is 379 g/mol. The number of benzene rings is 1. The third-order valence-electron chi connectivity index (χ3n) is 3.72. The van der Waals surface area contributed by atoms with E-state index in [1.54, 1.807) is 12.4 Å². The summed E-state index contributed by atoms with van der Waals surface area (Å²) in [5, 5.41) is 3.27. The van der Waals surface area contributed by atoms with Gasteiger partial charge in [0.1, 0.15) is 0 Å². The van der Waals surface area contributed by atoms with E-state index in [1.807, 2.05) is 26.8 Å². The van der Waals surface area contributed by atoms with Crippen LogP contribution in [0.15, 0.2) is 57.8 Å². The van der Waals surface area contributed by atoms with Crippen LogP contribution in [0.3, 0.4) is 0 Å². The summed E-state index contributed by atoms with van der Waals surface area (Å²) in [7, 11) is 0. The summed E-state index contributed by atoms with van der Waals surface area (Å²) < 4.78 is 38.4. The lowest BCUT2D eigenvalue weighted by Gasteiger charge is -2.10. The van der Waals surface area contributed by atoms with Gasteiger partial charge in [0, 0.05) is 30.2 Å². The minimum absolute atomic E-state index is 0.432. The van der Waals surface area contributed by atoms with Crippen LogP contribution in [-0.4, -0.2) is 25.0 Å². The number of nitrogens with one attached hydrogen (secondary N) is 1. The van der Waals surface area contributed by atoms with Crippen LogP contribution in [0.4, 0.5) is 13.2 Å². The largest absolute Gasteiger partial charge is 0.416 e. The summed E-state index contributed by atoms with van der Waals surface area (Å²) in [4.78, 5) is 8.79. The van der Waals surface area contributed by atoms with Crippen LogP contribution >= 0.6 is 0 Å². The highest BCUT2D eigenvalue weighted by Crippen LogP contribution is 2.29. The third-order valence-corrected chi connectivity index (χ3v) is 3.72. The zero-order valence-electron chi connectivity index (χ0n) is 16.4. The zero-order valence-corrected chi connectivity index (χ0v) is 16.4. The van der Waals surface area contributed by atoms with Crippen molar-refractivity contribution in [3.05, 3.63) is 58.9 Å². The molecule has 6 heteroatoms. The molecule has 0 saturated carbocycles. The molecule has 1 aromatic rings. The van der Waals surface area contributed by atoms with Crippen LogP contribution < -0.4 is 5.32 Å². The Hall–Kier alpha value is -2.37. The summed E-state index contributed by atoms with van der Waals surface area (Å²) in [5.74, 6) is 0. The summed E-state index contributed by atoms with van der Waals surface area (Å²) in [6, 6.07) is 5.07. The van der Waals surface area contributed by atoms with Crippen molar-refractivity contribution in [3.63, 3.8) is 0 Å². The minimum Gasteiger partial charge on any atom is -0.389 e. The lowest BCUT2D eigenvalue weighted by molar-refractivity contribution is -0.137. The summed E-state index contributed by atoms with van der Waals surface area (Å²) in [5.41, 5.74) is 2.42. The van der Waals surface area contributed by atoms with E-state index >= 15 is 0 Å². The average molecular weight is 379 g/mol. The fraction of sp³-hybridized carbons (Fsp3) is 0.429. The number of hydrogen-bond acceptors (Lipinski definition) is 3. The molecule has 148 valence electrons. The van der Waals surface area contributed by atoms with Gasteiger partial charge in [-0.1, -0.05) is 26.0 Å². The van der Waals surface area contributed by atoms with Gasteiger partial charge < -0.3 is 5.32 Å². The van der Waals surface area contributed by atoms with Crippen LogP contribution in [-0.2, 0) is 6.18 Å². The molecule has 0 spiro atoms. The Morgan fingerprint density at radius 1 is 1.11 bits per heavy atom. The number of rotatable bonds is 9. The van der Waals surface area contributed by atoms with Crippen molar-refractivity contribution >= 4 is 11.9 Å². The smallest absolute Gasteiger partial charge is 0.389 e. The van der Waals surface area contributed by atoms with Crippen molar-refractivity contribution in [2.75, 3.05) is 13.1 Å². The number of hydrogen-bond donors (Lipinski definition) is 1. The van der Waals surface area contributed by atoms with Crippen LogP contribution in [0.1, 0.15) is 51.7 Å². The molecule has 0 aliphatic carbocycles. The molecule has 0 aliphatic heterocycles. The number of allylic oxidation sites excluding steroid dienone is 2. The van der Waals surface area contributed by atoms with Crippen LogP contribution in [0.2, 0.25) is 0 Å². The molecule has 0 bridgehead atoms. The Morgan fingerprint density at radius 3 is 2.33 bits per heavy atom. The second kappa shape index (κ2) is 11.4. The second-order valence-corrected chi connectivity index (χ2v) is 6.13. The van der Waals surface area contributed by atoms with Gasteiger partial charge in [0.15, 0.2) is 0 Å². The van der Waals surface area contributed by atoms with E-state index in [1.165, 1.54) is 12.1 Å². The molecule has 1 rings (SSSR count). The van der Waals surface area contributed by atoms with Crippen LogP contribution in [0.25, 0.3) is 0 Å². The van der Waals surface area contributed by atoms with E-state index in [9.17, 15) is 13.2 Å². The maximum absolute atomic E-state index is 12.8. The highest BCUT2D eigenvalue weighted by Gasteiger charge is 2.30. The molecule has 0 aromatic heterocycles. The summed E-state index contributed by atoms with van der Waals surface area (Å²) in [6.07, 6.45) is 2.90. The van der Waals surface area contributed by atoms with Crippen LogP contribution in [0, 0.1) is 0 Å². The quantitative estimate of drug-likeness (QED) is 0.542. The molecule has 0 heterocycles. The molecular weight excluding hydrogens is 351 g/mol. The molecule has 1 aromatic carbocycles. The Balaban J connectivity index is 3.12. The fourth-order valence-electron chi connectivity index (χ4n) is 2.26. The van der Waals surface area contributed by atoms with Gasteiger partial charge in [-0.05, 0) is 50.5 Å². The Labute approximate surface area is 159 Å². The van der Waals surface area contributed by atoms with Crippen LogP contribution in [0.5, 0.6) is 0 Å². The standard InChI is InChI=1S/C21H28F3N3/c1-5-12-25-15-16(3)20(27-14-11-17(4)26-13-6-2)18-7-9-19(10-8-18)21(22,23)24/h7-12,15,26H,5-6,13-14H2,1-4H3/b16-15+,17-11+,25-12?,27-20?. The van der Waals surface area contributed by atoms with Gasteiger partial charge in [-0.2, -0.15) is 13.2 Å². The molecular formula is C21H28F3N3. The highest BCUT2D eigenvalue weighted by atomic mass is 19.4. The van der Waals surface area contributed by atoms with Crippen molar-refractivity contribution < 1.29 is 13.2 Å². The number of nitrogens with zero attached hydrogens (tertiary/aromatic N) is 2. The molecule has 0 atom stereocenters. The van der Waals surface area contributed by atoms with Crippen molar-refractivity contribution in [3.8, 4) is 0 Å². The molecule has 0 saturated heterocycles. The lowest BCUT2D eigenvalue weighted by Crippen LogP contribution is -2.12. The first-order chi connectivity index (χ1) is 12.8. The maximum Gasteiger partial charge on any atom is 0.416 e. The highest BCUT2D eigenvalue weighted by molar-refractivity contribution is 6.12. The predicted octanol–water partition coefficient (Wildman–Crippen LogP) is 5.78. The van der Waals surface area contributed by atoms with E-state index in [-0.39, 0.29) is 0 Å². The van der Waals surface area contributed by atoms with Gasteiger partial charge >= 0.3 is 6.18 Å². The van der Waals surface area contributed by atoms with Crippen molar-refractivity contribution in [2.45, 2.75) is 46.7 Å². The molecule has 0 amide bonds. The molecule has 0 fully saturated rings. The Morgan fingerprint density at radius 2 is 1.78 bits per heavy atom. The molecule has 0 unspecified atom stereocenters. The summed E-state index contributed by atoms with van der Waals surface area (Å²) in [6.45, 7) is 9.22. The minimum atomic E-state index is -4.35. The first-order valence-corrected chi connectivity index (χ1v) is 9.11. The first-order valence-electron chi connectivity index (χ1n) is 9.11. The predicted molar refractivity (Wildman–Crippen MR) is 107 cm³/mol. The lowest BCUT2D eigenvalue weighted by atomic mass is 10.0.